The summed E-state index contributed by atoms with van der Waals surface area (Å²) in [5, 5.41) is 0. The van der Waals surface area contributed by atoms with E-state index in [1.165, 1.54) is 19.3 Å². The van der Waals surface area contributed by atoms with Crippen LogP contribution in [0.1, 0.15) is 46.0 Å². The highest BCUT2D eigenvalue weighted by Crippen LogP contribution is 2.58. The third kappa shape index (κ3) is 1.37. The third-order valence-electron chi connectivity index (χ3n) is 6.71. The van der Waals surface area contributed by atoms with Crippen molar-refractivity contribution >= 4 is 5.91 Å². The maximum Gasteiger partial charge on any atom is 0.243 e. The first-order chi connectivity index (χ1) is 9.46. The number of carbonyl (C=O) groups is 1. The molecule has 5 atom stereocenters. The molecule has 2 saturated carbocycles. The van der Waals surface area contributed by atoms with E-state index in [-0.39, 0.29) is 23.3 Å². The van der Waals surface area contributed by atoms with Crippen LogP contribution in [0.2, 0.25) is 0 Å². The first-order valence-corrected chi connectivity index (χ1v) is 8.18. The smallest absolute Gasteiger partial charge is 0.243 e. The van der Waals surface area contributed by atoms with E-state index < -0.39 is 5.54 Å². The normalized spacial score (nSPS) is 48.9. The molecule has 4 rings (SSSR count). The number of nitrogens with two attached hydrogens (primary N) is 1. The second-order valence-corrected chi connectivity index (χ2v) is 7.92. The van der Waals surface area contributed by atoms with Crippen LogP contribution in [0, 0.1) is 17.3 Å². The number of hydrogen-bond acceptors (Lipinski definition) is 3. The molecule has 4 heteroatoms. The van der Waals surface area contributed by atoms with Gasteiger partial charge in [0.15, 0.2) is 0 Å². The zero-order valence-corrected chi connectivity index (χ0v) is 12.6. The maximum atomic E-state index is 13.2. The fourth-order valence-electron chi connectivity index (χ4n) is 5.42. The summed E-state index contributed by atoms with van der Waals surface area (Å²) in [6.07, 6.45) is 5.92. The van der Waals surface area contributed by atoms with Crippen molar-refractivity contribution in [3.8, 4) is 0 Å². The largest absolute Gasteiger partial charge is 0.377 e. The van der Waals surface area contributed by atoms with Crippen LogP contribution in [0.3, 0.4) is 0 Å². The summed E-state index contributed by atoms with van der Waals surface area (Å²) in [5.41, 5.74) is 5.77. The van der Waals surface area contributed by atoms with Crippen molar-refractivity contribution < 1.29 is 9.53 Å². The molecule has 0 aromatic heterocycles. The molecule has 4 nitrogen and oxygen atoms in total. The number of hydrogen-bond donors (Lipinski definition) is 1. The van der Waals surface area contributed by atoms with Gasteiger partial charge in [0.25, 0.3) is 0 Å². The summed E-state index contributed by atoms with van der Waals surface area (Å²) in [6.45, 7) is 6.00. The first kappa shape index (κ1) is 13.1. The molecule has 2 aliphatic carbocycles. The van der Waals surface area contributed by atoms with Gasteiger partial charge in [-0.15, -0.1) is 0 Å². The summed E-state index contributed by atoms with van der Waals surface area (Å²) < 4.78 is 5.91. The highest BCUT2D eigenvalue weighted by molar-refractivity contribution is 5.90. The Bertz CT molecular complexity index is 450. The second-order valence-electron chi connectivity index (χ2n) is 7.92. The fourth-order valence-corrected chi connectivity index (χ4v) is 5.42. The number of carbonyl (C=O) groups excluding carboxylic acids is 1. The Balaban J connectivity index is 1.61. The molecule has 2 N–H and O–H groups in total. The molecule has 2 aliphatic heterocycles. The first-order valence-electron chi connectivity index (χ1n) is 8.18. The minimum atomic E-state index is -0.706. The Morgan fingerprint density at radius 1 is 1.30 bits per heavy atom. The lowest BCUT2D eigenvalue weighted by Gasteiger charge is -2.66. The molecule has 20 heavy (non-hydrogen) atoms. The number of fused-ring (bicyclic) bond motifs is 3. The molecule has 2 saturated heterocycles. The van der Waals surface area contributed by atoms with Crippen molar-refractivity contribution in [3.63, 3.8) is 0 Å². The lowest BCUT2D eigenvalue weighted by atomic mass is 9.46. The molecule has 1 amide bonds. The average Bonchev–Trinajstić information content (AvgIpc) is 3.08. The van der Waals surface area contributed by atoms with Gasteiger partial charge < -0.3 is 15.4 Å². The molecule has 2 bridgehead atoms. The molecule has 2 heterocycles. The van der Waals surface area contributed by atoms with Crippen LogP contribution >= 0.6 is 0 Å². The van der Waals surface area contributed by atoms with Crippen molar-refractivity contribution in [1.29, 1.82) is 0 Å². The standard InChI is InChI=1S/C16H26N2O2/c1-15(2)13-12(4-3-7-20-13)16(15,17)14(19)18-9-10-5-6-11(18)8-10/h10-13H,3-9,17H2,1-2H3. The quantitative estimate of drug-likeness (QED) is 0.791. The summed E-state index contributed by atoms with van der Waals surface area (Å²) >= 11 is 0. The van der Waals surface area contributed by atoms with E-state index in [0.29, 0.717) is 6.04 Å². The summed E-state index contributed by atoms with van der Waals surface area (Å²) in [7, 11) is 0. The summed E-state index contributed by atoms with van der Waals surface area (Å²) in [4.78, 5) is 15.3. The molecule has 4 fully saturated rings. The Hall–Kier alpha value is -0.610. The average molecular weight is 278 g/mol. The van der Waals surface area contributed by atoms with E-state index in [1.54, 1.807) is 0 Å². The predicted molar refractivity (Wildman–Crippen MR) is 76.0 cm³/mol. The number of rotatable bonds is 1. The van der Waals surface area contributed by atoms with Gasteiger partial charge in [-0.05, 0) is 38.0 Å². The van der Waals surface area contributed by atoms with Gasteiger partial charge in [-0.2, -0.15) is 0 Å². The van der Waals surface area contributed by atoms with E-state index in [2.05, 4.69) is 18.7 Å². The topological polar surface area (TPSA) is 55.6 Å². The number of ether oxygens (including phenoxy) is 1. The van der Waals surface area contributed by atoms with Crippen molar-refractivity contribution in [2.75, 3.05) is 13.2 Å². The lowest BCUT2D eigenvalue weighted by molar-refractivity contribution is -0.230. The van der Waals surface area contributed by atoms with Crippen LogP contribution in [0.15, 0.2) is 0 Å². The molecular formula is C16H26N2O2. The van der Waals surface area contributed by atoms with Crippen molar-refractivity contribution in [2.24, 2.45) is 23.0 Å². The van der Waals surface area contributed by atoms with E-state index in [9.17, 15) is 4.79 Å². The molecule has 0 radical (unpaired) electrons. The number of nitrogens with zero attached hydrogens (tertiary/aromatic N) is 1. The zero-order chi connectivity index (χ0) is 14.1. The molecule has 0 spiro atoms. The van der Waals surface area contributed by atoms with Gasteiger partial charge in [0, 0.05) is 30.5 Å². The van der Waals surface area contributed by atoms with Gasteiger partial charge in [-0.3, -0.25) is 4.79 Å². The van der Waals surface area contributed by atoms with Crippen LogP contribution in [0.5, 0.6) is 0 Å². The Morgan fingerprint density at radius 3 is 2.75 bits per heavy atom. The SMILES string of the molecule is CC1(C)C2OCCCC2C1(N)C(=O)N1CC2CCC1C2. The van der Waals surface area contributed by atoms with Crippen LogP contribution in [-0.2, 0) is 9.53 Å². The van der Waals surface area contributed by atoms with Gasteiger partial charge in [-0.1, -0.05) is 13.8 Å². The predicted octanol–water partition coefficient (Wildman–Crippen LogP) is 1.53. The minimum absolute atomic E-state index is 0.171. The van der Waals surface area contributed by atoms with Crippen LogP contribution in [-0.4, -0.2) is 41.6 Å². The van der Waals surface area contributed by atoms with Gasteiger partial charge in [-0.25, -0.2) is 0 Å². The van der Waals surface area contributed by atoms with Crippen molar-refractivity contribution in [1.82, 2.24) is 4.90 Å². The van der Waals surface area contributed by atoms with E-state index in [0.717, 1.165) is 31.9 Å². The van der Waals surface area contributed by atoms with Crippen LogP contribution in [0.4, 0.5) is 0 Å². The molecule has 4 aliphatic rings. The number of amides is 1. The number of likely N-dealkylation sites (tertiary alicyclic amines) is 1. The highest BCUT2D eigenvalue weighted by Gasteiger charge is 2.71. The van der Waals surface area contributed by atoms with Crippen molar-refractivity contribution in [3.05, 3.63) is 0 Å². The molecular weight excluding hydrogens is 252 g/mol. The van der Waals surface area contributed by atoms with Gasteiger partial charge in [0.2, 0.25) is 5.91 Å². The maximum absolute atomic E-state index is 13.2. The van der Waals surface area contributed by atoms with Crippen LogP contribution in [0.25, 0.3) is 0 Å². The van der Waals surface area contributed by atoms with Gasteiger partial charge in [0.1, 0.15) is 5.54 Å². The fraction of sp³-hybridized carbons (Fsp3) is 0.938. The lowest BCUT2D eigenvalue weighted by Crippen LogP contribution is -2.82. The minimum Gasteiger partial charge on any atom is -0.377 e. The molecule has 0 aromatic rings. The van der Waals surface area contributed by atoms with E-state index in [1.807, 2.05) is 0 Å². The van der Waals surface area contributed by atoms with E-state index in [4.69, 9.17) is 10.5 Å². The Morgan fingerprint density at radius 2 is 2.10 bits per heavy atom. The van der Waals surface area contributed by atoms with Gasteiger partial charge in [0.05, 0.1) is 6.10 Å². The molecule has 5 unspecified atom stereocenters. The summed E-state index contributed by atoms with van der Waals surface area (Å²) in [5.74, 6) is 1.16. The van der Waals surface area contributed by atoms with E-state index >= 15 is 0 Å². The van der Waals surface area contributed by atoms with Crippen molar-refractivity contribution in [2.45, 2.75) is 63.6 Å². The molecule has 0 aromatic carbocycles. The zero-order valence-electron chi connectivity index (χ0n) is 12.6. The highest BCUT2D eigenvalue weighted by atomic mass is 16.5. The summed E-state index contributed by atoms with van der Waals surface area (Å²) in [6, 6.07) is 0.465. The Labute approximate surface area is 121 Å². The monoisotopic (exact) mass is 278 g/mol. The molecule has 112 valence electrons. The third-order valence-corrected chi connectivity index (χ3v) is 6.71. The second kappa shape index (κ2) is 3.98. The Kier molecular flexibility index (Phi) is 2.60. The number of piperidine rings is 1. The van der Waals surface area contributed by atoms with Gasteiger partial charge >= 0.3 is 0 Å². The van der Waals surface area contributed by atoms with Crippen LogP contribution < -0.4 is 5.73 Å².